The van der Waals surface area contributed by atoms with Crippen LogP contribution in [0.5, 0.6) is 11.5 Å². The van der Waals surface area contributed by atoms with Gasteiger partial charge in [0.25, 0.3) is 0 Å². The van der Waals surface area contributed by atoms with Gasteiger partial charge in [0.15, 0.2) is 5.78 Å². The first-order valence-corrected chi connectivity index (χ1v) is 15.2. The highest BCUT2D eigenvalue weighted by atomic mass is 16.6. The molecule has 0 saturated heterocycles. The van der Waals surface area contributed by atoms with E-state index in [2.05, 4.69) is 0 Å². The average molecular weight is 631 g/mol. The molecule has 0 radical (unpaired) electrons. The molecule has 0 atom stereocenters. The highest BCUT2D eigenvalue weighted by Gasteiger charge is 2.23. The zero-order valence-corrected chi connectivity index (χ0v) is 25.8. The number of amides is 2. The van der Waals surface area contributed by atoms with E-state index < -0.39 is 12.2 Å². The molecule has 0 fully saturated rings. The Labute approximate surface area is 278 Å². The van der Waals surface area contributed by atoms with Crippen LogP contribution in [0, 0.1) is 0 Å². The van der Waals surface area contributed by atoms with Crippen molar-refractivity contribution in [3.05, 3.63) is 187 Å². The molecule has 6 rings (SSSR count). The fourth-order valence-electron chi connectivity index (χ4n) is 5.02. The van der Waals surface area contributed by atoms with E-state index in [1.807, 2.05) is 97.1 Å². The van der Waals surface area contributed by atoms with Gasteiger partial charge in [-0.25, -0.2) is 19.4 Å². The Morgan fingerprint density at radius 3 is 1.40 bits per heavy atom. The quantitative estimate of drug-likeness (QED) is 0.117. The summed E-state index contributed by atoms with van der Waals surface area (Å²) in [6, 6.07) is 50.2. The Morgan fingerprint density at radius 2 is 0.896 bits per heavy atom. The number of para-hydroxylation sites is 5. The second-order valence-electron chi connectivity index (χ2n) is 10.5. The third kappa shape index (κ3) is 7.55. The minimum atomic E-state index is -0.661. The summed E-state index contributed by atoms with van der Waals surface area (Å²) in [5.41, 5.74) is 3.40. The topological polar surface area (TPSA) is 76.1 Å². The number of anilines is 4. The maximum absolute atomic E-state index is 13.6. The van der Waals surface area contributed by atoms with Crippen molar-refractivity contribution in [1.29, 1.82) is 0 Å². The minimum absolute atomic E-state index is 0.124. The molecule has 0 aliphatic carbocycles. The molecule has 0 N–H and O–H groups in total. The summed E-state index contributed by atoms with van der Waals surface area (Å²) >= 11 is 0. The van der Waals surface area contributed by atoms with Crippen LogP contribution in [0.15, 0.2) is 176 Å². The van der Waals surface area contributed by atoms with E-state index in [9.17, 15) is 14.4 Å². The van der Waals surface area contributed by atoms with Gasteiger partial charge in [-0.05, 0) is 84.4 Å². The first-order chi connectivity index (χ1) is 23.6. The van der Waals surface area contributed by atoms with Gasteiger partial charge in [0, 0.05) is 0 Å². The first-order valence-electron chi connectivity index (χ1n) is 15.2. The van der Waals surface area contributed by atoms with Crippen LogP contribution in [0.25, 0.3) is 6.08 Å². The molecule has 234 valence electrons. The molecule has 6 aromatic carbocycles. The van der Waals surface area contributed by atoms with Gasteiger partial charge < -0.3 is 9.47 Å². The molecule has 6 aromatic rings. The van der Waals surface area contributed by atoms with Crippen molar-refractivity contribution in [2.45, 2.75) is 0 Å². The van der Waals surface area contributed by atoms with E-state index in [4.69, 9.17) is 9.47 Å². The van der Waals surface area contributed by atoms with E-state index in [1.54, 1.807) is 78.9 Å². The molecule has 2 amide bonds. The molecule has 0 bridgehead atoms. The van der Waals surface area contributed by atoms with Crippen LogP contribution in [-0.4, -0.2) is 18.0 Å². The Kier molecular flexibility index (Phi) is 9.79. The molecule has 0 heterocycles. The zero-order chi connectivity index (χ0) is 33.1. The Bertz CT molecular complexity index is 1950. The summed E-state index contributed by atoms with van der Waals surface area (Å²) < 4.78 is 11.6. The van der Waals surface area contributed by atoms with E-state index in [0.717, 1.165) is 0 Å². The van der Waals surface area contributed by atoms with Gasteiger partial charge >= 0.3 is 12.2 Å². The van der Waals surface area contributed by atoms with Crippen LogP contribution in [0.1, 0.15) is 15.9 Å². The van der Waals surface area contributed by atoms with Crippen LogP contribution in [0.2, 0.25) is 0 Å². The molecule has 0 spiro atoms. The standard InChI is InChI=1S/C41H30N2O5/c44-38(37-26-13-14-27-39(37)48-41(46)43(34-21-9-3-10-22-34)35-23-11-4-12-24-35)29-28-31-16-15-25-36(30-31)47-40(45)42(32-17-5-1-6-18-32)33-19-7-2-8-20-33/h1-30H/b29-28+. The number of rotatable bonds is 9. The molecular formula is C41H30N2O5. The van der Waals surface area contributed by atoms with Gasteiger partial charge in [0.2, 0.25) is 0 Å². The van der Waals surface area contributed by atoms with Crippen LogP contribution >= 0.6 is 0 Å². The largest absolute Gasteiger partial charge is 0.424 e. The van der Waals surface area contributed by atoms with Gasteiger partial charge in [-0.3, -0.25) is 4.79 Å². The molecule has 7 nitrogen and oxygen atoms in total. The first kappa shape index (κ1) is 31.3. The molecule has 48 heavy (non-hydrogen) atoms. The van der Waals surface area contributed by atoms with Gasteiger partial charge in [-0.1, -0.05) is 103 Å². The number of nitrogens with zero attached hydrogens (tertiary/aromatic N) is 2. The predicted molar refractivity (Wildman–Crippen MR) is 188 cm³/mol. The fourth-order valence-corrected chi connectivity index (χ4v) is 5.02. The third-order valence-electron chi connectivity index (χ3n) is 7.26. The lowest BCUT2D eigenvalue weighted by Crippen LogP contribution is -2.29. The highest BCUT2D eigenvalue weighted by Crippen LogP contribution is 2.29. The van der Waals surface area contributed by atoms with Crippen LogP contribution in [-0.2, 0) is 0 Å². The second-order valence-corrected chi connectivity index (χ2v) is 10.5. The molecular weight excluding hydrogens is 600 g/mol. The molecule has 0 aliphatic rings. The van der Waals surface area contributed by atoms with Gasteiger partial charge in [-0.2, -0.15) is 0 Å². The number of carbonyl (C=O) groups excluding carboxylic acids is 3. The summed E-state index contributed by atoms with van der Waals surface area (Å²) in [6.45, 7) is 0. The SMILES string of the molecule is O=C(/C=C/c1cccc(OC(=O)N(c2ccccc2)c2ccccc2)c1)c1ccccc1OC(=O)N(c1ccccc1)c1ccccc1. The van der Waals surface area contributed by atoms with Crippen molar-refractivity contribution in [2.75, 3.05) is 9.80 Å². The molecule has 0 aromatic heterocycles. The smallest absolute Gasteiger partial charge is 0.410 e. The van der Waals surface area contributed by atoms with Gasteiger partial charge in [0.05, 0.1) is 28.3 Å². The van der Waals surface area contributed by atoms with Gasteiger partial charge in [0.1, 0.15) is 11.5 Å². The average Bonchev–Trinajstić information content (AvgIpc) is 3.13. The molecule has 0 saturated carbocycles. The molecule has 0 aliphatic heterocycles. The summed E-state index contributed by atoms with van der Waals surface area (Å²) in [7, 11) is 0. The van der Waals surface area contributed by atoms with Crippen molar-refractivity contribution < 1.29 is 23.9 Å². The van der Waals surface area contributed by atoms with Crippen molar-refractivity contribution >= 4 is 46.8 Å². The lowest BCUT2D eigenvalue weighted by Gasteiger charge is -2.22. The van der Waals surface area contributed by atoms with Crippen LogP contribution in [0.3, 0.4) is 0 Å². The van der Waals surface area contributed by atoms with Crippen LogP contribution in [0.4, 0.5) is 32.3 Å². The van der Waals surface area contributed by atoms with Crippen molar-refractivity contribution in [2.24, 2.45) is 0 Å². The summed E-state index contributed by atoms with van der Waals surface area (Å²) in [4.78, 5) is 43.3. The lowest BCUT2D eigenvalue weighted by molar-refractivity contribution is 0.104. The Balaban J connectivity index is 1.19. The second kappa shape index (κ2) is 15.0. The lowest BCUT2D eigenvalue weighted by atomic mass is 10.1. The zero-order valence-electron chi connectivity index (χ0n) is 25.8. The number of benzene rings is 6. The van der Waals surface area contributed by atoms with E-state index in [1.165, 1.54) is 15.9 Å². The highest BCUT2D eigenvalue weighted by molar-refractivity contribution is 6.09. The van der Waals surface area contributed by atoms with Crippen molar-refractivity contribution in [1.82, 2.24) is 0 Å². The summed E-state index contributed by atoms with van der Waals surface area (Å²) in [5.74, 6) is 0.0624. The minimum Gasteiger partial charge on any atom is -0.410 e. The molecule has 0 unspecified atom stereocenters. The number of allylic oxidation sites excluding steroid dienone is 1. The maximum Gasteiger partial charge on any atom is 0.424 e. The number of ketones is 1. The number of ether oxygens (including phenoxy) is 2. The number of hydrogen-bond acceptors (Lipinski definition) is 5. The Hall–Kier alpha value is -6.73. The number of carbonyl (C=O) groups is 3. The maximum atomic E-state index is 13.6. The van der Waals surface area contributed by atoms with Gasteiger partial charge in [-0.15, -0.1) is 0 Å². The third-order valence-corrected chi connectivity index (χ3v) is 7.26. The van der Waals surface area contributed by atoms with E-state index in [-0.39, 0.29) is 17.1 Å². The summed E-state index contributed by atoms with van der Waals surface area (Å²) in [6.07, 6.45) is 1.76. The van der Waals surface area contributed by atoms with Crippen molar-refractivity contribution in [3.63, 3.8) is 0 Å². The van der Waals surface area contributed by atoms with E-state index >= 15 is 0 Å². The summed E-state index contributed by atoms with van der Waals surface area (Å²) in [5, 5.41) is 0. The fraction of sp³-hybridized carbons (Fsp3) is 0. The number of hydrogen-bond donors (Lipinski definition) is 0. The Morgan fingerprint density at radius 1 is 0.458 bits per heavy atom. The van der Waals surface area contributed by atoms with Crippen LogP contribution < -0.4 is 19.3 Å². The normalized spacial score (nSPS) is 10.7. The monoisotopic (exact) mass is 630 g/mol. The molecule has 7 heteroatoms. The predicted octanol–water partition coefficient (Wildman–Crippen LogP) is 10.3. The van der Waals surface area contributed by atoms with Crippen molar-refractivity contribution in [3.8, 4) is 11.5 Å². The van der Waals surface area contributed by atoms with E-state index in [0.29, 0.717) is 34.1 Å².